The molecule has 1 aromatic carbocycles. The quantitative estimate of drug-likeness (QED) is 0.854. The maximum Gasteiger partial charge on any atom is 0.305 e. The zero-order valence-corrected chi connectivity index (χ0v) is 10.0. The number of nitrogens with one attached hydrogen (secondary N) is 1. The molecule has 4 nitrogen and oxygen atoms in total. The number of carboxylic acids is 1. The van der Waals surface area contributed by atoms with E-state index in [-0.39, 0.29) is 30.4 Å². The number of carboxylic acid groups (broad SMARTS) is 1. The lowest BCUT2D eigenvalue weighted by Crippen LogP contribution is -2.27. The standard InChI is InChI=1S/C13H13F2NO3/c14-10-3-1-2-7(12(10)15)8-6-9(8)13(19)16-5-4-11(17)18/h1-3,8-9H,4-6H2,(H,16,19)(H,17,18)/t8-,9-/m1/s1. The van der Waals surface area contributed by atoms with E-state index in [2.05, 4.69) is 5.32 Å². The van der Waals surface area contributed by atoms with Crippen molar-refractivity contribution in [2.75, 3.05) is 6.54 Å². The summed E-state index contributed by atoms with van der Waals surface area (Å²) in [7, 11) is 0. The van der Waals surface area contributed by atoms with Crippen LogP contribution in [0, 0.1) is 17.6 Å². The molecule has 1 aromatic rings. The normalized spacial score (nSPS) is 20.9. The highest BCUT2D eigenvalue weighted by Gasteiger charge is 2.45. The predicted octanol–water partition coefficient (Wildman–Crippen LogP) is 1.66. The van der Waals surface area contributed by atoms with E-state index in [0.717, 1.165) is 6.07 Å². The molecule has 1 saturated carbocycles. The average Bonchev–Trinajstić information content (AvgIpc) is 3.12. The van der Waals surface area contributed by atoms with Gasteiger partial charge in [0, 0.05) is 12.5 Å². The highest BCUT2D eigenvalue weighted by molar-refractivity contribution is 5.83. The first-order valence-electron chi connectivity index (χ1n) is 5.94. The summed E-state index contributed by atoms with van der Waals surface area (Å²) < 4.78 is 26.5. The lowest BCUT2D eigenvalue weighted by Gasteiger charge is -2.04. The van der Waals surface area contributed by atoms with Gasteiger partial charge in [0.25, 0.3) is 0 Å². The van der Waals surface area contributed by atoms with Crippen molar-refractivity contribution in [1.29, 1.82) is 0 Å². The number of amides is 1. The smallest absolute Gasteiger partial charge is 0.305 e. The second kappa shape index (κ2) is 5.34. The Morgan fingerprint density at radius 2 is 2.11 bits per heavy atom. The lowest BCUT2D eigenvalue weighted by atomic mass is 10.1. The van der Waals surface area contributed by atoms with E-state index in [1.54, 1.807) is 0 Å². The molecule has 1 aliphatic rings. The number of benzene rings is 1. The fourth-order valence-corrected chi connectivity index (χ4v) is 2.06. The summed E-state index contributed by atoms with van der Waals surface area (Å²) in [6.45, 7) is 0.0447. The van der Waals surface area contributed by atoms with Crippen LogP contribution in [-0.2, 0) is 9.59 Å². The van der Waals surface area contributed by atoms with Crippen LogP contribution >= 0.6 is 0 Å². The van der Waals surface area contributed by atoms with E-state index >= 15 is 0 Å². The Bertz CT molecular complexity index is 519. The minimum absolute atomic E-state index is 0.0447. The van der Waals surface area contributed by atoms with Gasteiger partial charge < -0.3 is 10.4 Å². The summed E-state index contributed by atoms with van der Waals surface area (Å²) in [5.74, 6) is -3.85. The first kappa shape index (κ1) is 13.5. The van der Waals surface area contributed by atoms with Gasteiger partial charge in [0.2, 0.25) is 5.91 Å². The molecule has 0 bridgehead atoms. The predicted molar refractivity (Wildman–Crippen MR) is 62.5 cm³/mol. The zero-order valence-electron chi connectivity index (χ0n) is 10.0. The molecule has 0 saturated heterocycles. The molecule has 0 aliphatic heterocycles. The number of aliphatic carboxylic acids is 1. The van der Waals surface area contributed by atoms with Gasteiger partial charge in [-0.25, -0.2) is 8.78 Å². The van der Waals surface area contributed by atoms with Crippen LogP contribution in [-0.4, -0.2) is 23.5 Å². The van der Waals surface area contributed by atoms with Crippen molar-refractivity contribution < 1.29 is 23.5 Å². The van der Waals surface area contributed by atoms with Crippen LogP contribution in [0.4, 0.5) is 8.78 Å². The van der Waals surface area contributed by atoms with Crippen LogP contribution in [0.2, 0.25) is 0 Å². The molecule has 102 valence electrons. The van der Waals surface area contributed by atoms with Crippen LogP contribution in [0.15, 0.2) is 18.2 Å². The maximum atomic E-state index is 13.5. The van der Waals surface area contributed by atoms with Gasteiger partial charge in [-0.15, -0.1) is 0 Å². The van der Waals surface area contributed by atoms with Crippen molar-refractivity contribution in [2.24, 2.45) is 5.92 Å². The number of carbonyl (C=O) groups is 2. The fourth-order valence-electron chi connectivity index (χ4n) is 2.06. The molecule has 2 N–H and O–H groups in total. The second-order valence-corrected chi connectivity index (χ2v) is 4.53. The van der Waals surface area contributed by atoms with Gasteiger partial charge in [0.1, 0.15) is 0 Å². The summed E-state index contributed by atoms with van der Waals surface area (Å²) in [4.78, 5) is 21.9. The molecule has 0 radical (unpaired) electrons. The van der Waals surface area contributed by atoms with Gasteiger partial charge in [0.15, 0.2) is 11.6 Å². The second-order valence-electron chi connectivity index (χ2n) is 4.53. The molecule has 0 unspecified atom stereocenters. The minimum atomic E-state index is -0.996. The molecule has 1 amide bonds. The van der Waals surface area contributed by atoms with Gasteiger partial charge in [-0.3, -0.25) is 9.59 Å². The third-order valence-corrected chi connectivity index (χ3v) is 3.15. The van der Waals surface area contributed by atoms with Crippen molar-refractivity contribution in [3.63, 3.8) is 0 Å². The monoisotopic (exact) mass is 269 g/mol. The van der Waals surface area contributed by atoms with Crippen LogP contribution in [0.1, 0.15) is 24.3 Å². The maximum absolute atomic E-state index is 13.5. The van der Waals surface area contributed by atoms with Gasteiger partial charge in [-0.1, -0.05) is 12.1 Å². The summed E-state index contributed by atoms with van der Waals surface area (Å²) >= 11 is 0. The topological polar surface area (TPSA) is 66.4 Å². The number of hydrogen-bond donors (Lipinski definition) is 2. The third kappa shape index (κ3) is 3.07. The van der Waals surface area contributed by atoms with E-state index in [1.807, 2.05) is 0 Å². The van der Waals surface area contributed by atoms with Crippen molar-refractivity contribution >= 4 is 11.9 Å². The van der Waals surface area contributed by atoms with Gasteiger partial charge in [-0.2, -0.15) is 0 Å². The highest BCUT2D eigenvalue weighted by Crippen LogP contribution is 2.48. The van der Waals surface area contributed by atoms with E-state index in [4.69, 9.17) is 5.11 Å². The molecule has 2 rings (SSSR count). The molecule has 6 heteroatoms. The Kier molecular flexibility index (Phi) is 3.78. The summed E-state index contributed by atoms with van der Waals surface area (Å²) in [6, 6.07) is 3.90. The fraction of sp³-hybridized carbons (Fsp3) is 0.385. The Morgan fingerprint density at radius 1 is 1.37 bits per heavy atom. The average molecular weight is 269 g/mol. The molecule has 2 atom stereocenters. The van der Waals surface area contributed by atoms with Crippen LogP contribution in [0.5, 0.6) is 0 Å². The summed E-state index contributed by atoms with van der Waals surface area (Å²) in [5, 5.41) is 10.9. The molecular formula is C13H13F2NO3. The van der Waals surface area contributed by atoms with E-state index in [1.165, 1.54) is 12.1 Å². The van der Waals surface area contributed by atoms with Crippen LogP contribution in [0.25, 0.3) is 0 Å². The first-order valence-corrected chi connectivity index (χ1v) is 5.94. The molecule has 0 aromatic heterocycles. The van der Waals surface area contributed by atoms with Gasteiger partial charge >= 0.3 is 5.97 Å². The summed E-state index contributed by atoms with van der Waals surface area (Å²) in [6.07, 6.45) is 0.302. The molecule has 0 heterocycles. The van der Waals surface area contributed by atoms with Gasteiger partial charge in [0.05, 0.1) is 6.42 Å². The molecule has 0 spiro atoms. The number of halogens is 2. The Morgan fingerprint density at radius 3 is 2.79 bits per heavy atom. The Hall–Kier alpha value is -1.98. The zero-order chi connectivity index (χ0) is 14.0. The number of carbonyl (C=O) groups excluding carboxylic acids is 1. The molecule has 1 aliphatic carbocycles. The summed E-state index contributed by atoms with van der Waals surface area (Å²) in [5.41, 5.74) is 0.207. The van der Waals surface area contributed by atoms with Crippen molar-refractivity contribution in [2.45, 2.75) is 18.8 Å². The van der Waals surface area contributed by atoms with Gasteiger partial charge in [-0.05, 0) is 24.0 Å². The molecular weight excluding hydrogens is 256 g/mol. The highest BCUT2D eigenvalue weighted by atomic mass is 19.2. The Labute approximate surface area is 108 Å². The molecule has 1 fully saturated rings. The van der Waals surface area contributed by atoms with Crippen molar-refractivity contribution in [3.8, 4) is 0 Å². The Balaban J connectivity index is 1.91. The minimum Gasteiger partial charge on any atom is -0.481 e. The van der Waals surface area contributed by atoms with Crippen molar-refractivity contribution in [1.82, 2.24) is 5.32 Å². The largest absolute Gasteiger partial charge is 0.481 e. The first-order chi connectivity index (χ1) is 9.00. The molecule has 19 heavy (non-hydrogen) atoms. The van der Waals surface area contributed by atoms with Crippen LogP contribution < -0.4 is 5.32 Å². The third-order valence-electron chi connectivity index (χ3n) is 3.15. The SMILES string of the molecule is O=C(O)CCNC(=O)[C@@H]1C[C@@H]1c1cccc(F)c1F. The van der Waals surface area contributed by atoms with E-state index in [9.17, 15) is 18.4 Å². The number of hydrogen-bond acceptors (Lipinski definition) is 2. The number of rotatable bonds is 5. The lowest BCUT2D eigenvalue weighted by molar-refractivity contribution is -0.136. The van der Waals surface area contributed by atoms with E-state index < -0.39 is 23.5 Å². The van der Waals surface area contributed by atoms with Crippen molar-refractivity contribution in [3.05, 3.63) is 35.4 Å². The van der Waals surface area contributed by atoms with Crippen LogP contribution in [0.3, 0.4) is 0 Å². The van der Waals surface area contributed by atoms with E-state index in [0.29, 0.717) is 6.42 Å².